The van der Waals surface area contributed by atoms with Crippen molar-refractivity contribution in [1.29, 1.82) is 0 Å². The van der Waals surface area contributed by atoms with Crippen molar-refractivity contribution in [3.63, 3.8) is 0 Å². The van der Waals surface area contributed by atoms with Crippen molar-refractivity contribution in [3.8, 4) is 0 Å². The molecule has 0 saturated heterocycles. The van der Waals surface area contributed by atoms with E-state index in [2.05, 4.69) is 4.99 Å². The second kappa shape index (κ2) is 5.49. The van der Waals surface area contributed by atoms with Gasteiger partial charge in [-0.25, -0.2) is 4.99 Å². The number of ketones is 1. The van der Waals surface area contributed by atoms with E-state index >= 15 is 0 Å². The molecular formula is C12H26N4O. The first kappa shape index (κ1) is 15.9. The number of guanidine groups is 1. The summed E-state index contributed by atoms with van der Waals surface area (Å²) in [6.07, 6.45) is 0. The van der Waals surface area contributed by atoms with Crippen LogP contribution in [-0.4, -0.2) is 35.4 Å². The highest BCUT2D eigenvalue weighted by Crippen LogP contribution is 2.19. The van der Waals surface area contributed by atoms with Gasteiger partial charge in [0.05, 0.1) is 13.2 Å². The maximum absolute atomic E-state index is 12.0. The van der Waals surface area contributed by atoms with E-state index in [9.17, 15) is 4.79 Å². The summed E-state index contributed by atoms with van der Waals surface area (Å²) < 4.78 is 0. The number of hydrogen-bond acceptors (Lipinski definition) is 3. The Balaban J connectivity index is 4.74. The summed E-state index contributed by atoms with van der Waals surface area (Å²) in [5.41, 5.74) is 10.1. The largest absolute Gasteiger partial charge is 0.370 e. The van der Waals surface area contributed by atoms with Gasteiger partial charge < -0.3 is 11.5 Å². The summed E-state index contributed by atoms with van der Waals surface area (Å²) in [7, 11) is 0. The van der Waals surface area contributed by atoms with Gasteiger partial charge in [0.1, 0.15) is 0 Å². The van der Waals surface area contributed by atoms with Gasteiger partial charge in [0, 0.05) is 11.0 Å². The van der Waals surface area contributed by atoms with Crippen LogP contribution in [0.4, 0.5) is 0 Å². The molecular weight excluding hydrogens is 216 g/mol. The van der Waals surface area contributed by atoms with Gasteiger partial charge in [-0.1, -0.05) is 20.8 Å². The normalized spacial score (nSPS) is 12.6. The first-order valence-electron chi connectivity index (χ1n) is 5.78. The van der Waals surface area contributed by atoms with Crippen molar-refractivity contribution in [2.45, 2.75) is 47.1 Å². The summed E-state index contributed by atoms with van der Waals surface area (Å²) in [5, 5.41) is 0. The molecule has 0 aromatic rings. The lowest BCUT2D eigenvalue weighted by atomic mass is 9.90. The quantitative estimate of drug-likeness (QED) is 0.567. The minimum Gasteiger partial charge on any atom is -0.370 e. The average Bonchev–Trinajstić information content (AvgIpc) is 2.07. The van der Waals surface area contributed by atoms with Gasteiger partial charge in [0.15, 0.2) is 11.7 Å². The maximum atomic E-state index is 12.0. The van der Waals surface area contributed by atoms with Crippen LogP contribution in [0.25, 0.3) is 0 Å². The Labute approximate surface area is 104 Å². The summed E-state index contributed by atoms with van der Waals surface area (Å²) in [5.74, 6) is 0.223. The number of nitrogens with zero attached hydrogens (tertiary/aromatic N) is 2. The topological polar surface area (TPSA) is 84.7 Å². The molecule has 5 heteroatoms. The highest BCUT2D eigenvalue weighted by Gasteiger charge is 2.28. The van der Waals surface area contributed by atoms with Crippen molar-refractivity contribution in [2.75, 3.05) is 13.2 Å². The number of hydrogen-bond donors (Lipinski definition) is 2. The van der Waals surface area contributed by atoms with Crippen LogP contribution in [0.15, 0.2) is 4.99 Å². The lowest BCUT2D eigenvalue weighted by Gasteiger charge is -2.35. The smallest absolute Gasteiger partial charge is 0.187 e. The zero-order chi connectivity index (χ0) is 13.9. The van der Waals surface area contributed by atoms with Crippen LogP contribution in [0.3, 0.4) is 0 Å². The molecule has 100 valence electrons. The Morgan fingerprint density at radius 1 is 1.12 bits per heavy atom. The van der Waals surface area contributed by atoms with E-state index in [0.717, 1.165) is 0 Å². The molecule has 0 radical (unpaired) electrons. The molecule has 5 nitrogen and oxygen atoms in total. The third kappa shape index (κ3) is 6.26. The zero-order valence-electron chi connectivity index (χ0n) is 11.9. The number of carbonyl (C=O) groups is 1. The molecule has 0 saturated carbocycles. The maximum Gasteiger partial charge on any atom is 0.187 e. The Hall–Kier alpha value is -1.10. The molecule has 17 heavy (non-hydrogen) atoms. The van der Waals surface area contributed by atoms with E-state index in [-0.39, 0.29) is 22.7 Å². The SMILES string of the molecule is CC(C)(C)C(=O)CN(CN=C(N)N)C(C)(C)C. The highest BCUT2D eigenvalue weighted by atomic mass is 16.1. The number of Topliss-reactive ketones (excluding diaryl/α,β-unsaturated/α-hetero) is 1. The predicted molar refractivity (Wildman–Crippen MR) is 71.6 cm³/mol. The molecule has 0 aromatic heterocycles. The van der Waals surface area contributed by atoms with E-state index in [1.54, 1.807) is 0 Å². The monoisotopic (exact) mass is 242 g/mol. The Bertz CT molecular complexity index is 293. The van der Waals surface area contributed by atoms with Crippen molar-refractivity contribution >= 4 is 11.7 Å². The highest BCUT2D eigenvalue weighted by molar-refractivity contribution is 5.85. The lowest BCUT2D eigenvalue weighted by Crippen LogP contribution is -2.47. The van der Waals surface area contributed by atoms with Crippen LogP contribution >= 0.6 is 0 Å². The molecule has 0 bridgehead atoms. The zero-order valence-corrected chi connectivity index (χ0v) is 11.9. The van der Waals surface area contributed by atoms with Crippen molar-refractivity contribution in [2.24, 2.45) is 21.9 Å². The lowest BCUT2D eigenvalue weighted by molar-refractivity contribution is -0.128. The van der Waals surface area contributed by atoms with Crippen LogP contribution in [0, 0.1) is 5.41 Å². The van der Waals surface area contributed by atoms with Gasteiger partial charge in [0.25, 0.3) is 0 Å². The molecule has 0 amide bonds. The molecule has 0 unspecified atom stereocenters. The summed E-state index contributed by atoms with van der Waals surface area (Å²) in [4.78, 5) is 17.9. The fraction of sp³-hybridized carbons (Fsp3) is 0.833. The third-order valence-corrected chi connectivity index (χ3v) is 2.54. The van der Waals surface area contributed by atoms with Crippen LogP contribution in [0.1, 0.15) is 41.5 Å². The van der Waals surface area contributed by atoms with E-state index in [0.29, 0.717) is 13.2 Å². The van der Waals surface area contributed by atoms with Gasteiger partial charge in [-0.05, 0) is 20.8 Å². The number of nitrogens with two attached hydrogens (primary N) is 2. The average molecular weight is 242 g/mol. The molecule has 0 aliphatic carbocycles. The summed E-state index contributed by atoms with van der Waals surface area (Å²) >= 11 is 0. The number of aliphatic imine (C=N–C) groups is 1. The van der Waals surface area contributed by atoms with E-state index < -0.39 is 0 Å². The summed E-state index contributed by atoms with van der Waals surface area (Å²) in [6.45, 7) is 12.5. The standard InChI is InChI=1S/C12H26N4O/c1-11(2,3)9(17)7-16(12(4,5)6)8-15-10(13)14/h7-8H2,1-6H3,(H4,13,14,15). The molecule has 0 heterocycles. The molecule has 0 fully saturated rings. The second-order valence-corrected chi connectivity index (χ2v) is 6.27. The molecule has 0 rings (SSSR count). The Kier molecular flexibility index (Phi) is 5.13. The van der Waals surface area contributed by atoms with Crippen molar-refractivity contribution < 1.29 is 4.79 Å². The minimum atomic E-state index is -0.346. The molecule has 0 aliphatic heterocycles. The number of carbonyl (C=O) groups excluding carboxylic acids is 1. The van der Waals surface area contributed by atoms with Crippen LogP contribution in [-0.2, 0) is 4.79 Å². The fourth-order valence-electron chi connectivity index (χ4n) is 1.08. The second-order valence-electron chi connectivity index (χ2n) is 6.27. The van der Waals surface area contributed by atoms with Crippen LogP contribution in [0.5, 0.6) is 0 Å². The molecule has 0 aliphatic rings. The number of rotatable bonds is 4. The van der Waals surface area contributed by atoms with E-state index in [4.69, 9.17) is 11.5 Å². The Morgan fingerprint density at radius 3 is 1.88 bits per heavy atom. The van der Waals surface area contributed by atoms with Gasteiger partial charge in [0.2, 0.25) is 0 Å². The Morgan fingerprint density at radius 2 is 1.59 bits per heavy atom. The van der Waals surface area contributed by atoms with Gasteiger partial charge >= 0.3 is 0 Å². The third-order valence-electron chi connectivity index (χ3n) is 2.54. The van der Waals surface area contributed by atoms with Crippen LogP contribution < -0.4 is 11.5 Å². The molecule has 0 spiro atoms. The van der Waals surface area contributed by atoms with E-state index in [1.807, 2.05) is 46.4 Å². The molecule has 0 aromatic carbocycles. The summed E-state index contributed by atoms with van der Waals surface area (Å²) in [6, 6.07) is 0. The van der Waals surface area contributed by atoms with Crippen molar-refractivity contribution in [3.05, 3.63) is 0 Å². The van der Waals surface area contributed by atoms with Crippen LogP contribution in [0.2, 0.25) is 0 Å². The predicted octanol–water partition coefficient (Wildman–Crippen LogP) is 0.933. The van der Waals surface area contributed by atoms with Gasteiger partial charge in [-0.3, -0.25) is 9.69 Å². The molecule has 4 N–H and O–H groups in total. The first-order valence-corrected chi connectivity index (χ1v) is 5.78. The molecule has 0 atom stereocenters. The van der Waals surface area contributed by atoms with Gasteiger partial charge in [-0.2, -0.15) is 0 Å². The van der Waals surface area contributed by atoms with E-state index in [1.165, 1.54) is 0 Å². The fourth-order valence-corrected chi connectivity index (χ4v) is 1.08. The first-order chi connectivity index (χ1) is 7.44. The van der Waals surface area contributed by atoms with Crippen molar-refractivity contribution in [1.82, 2.24) is 4.90 Å². The van der Waals surface area contributed by atoms with Gasteiger partial charge in [-0.15, -0.1) is 0 Å². The minimum absolute atomic E-state index is 0.0439.